The SMILES string of the molecule is Cc1ccc(C)n1CC(=O)NCc1cn(C)c2ccccc12. The molecule has 0 aliphatic rings. The third kappa shape index (κ3) is 2.64. The van der Waals surface area contributed by atoms with Gasteiger partial charge in [-0.2, -0.15) is 0 Å². The van der Waals surface area contributed by atoms with Crippen LogP contribution in [-0.2, 0) is 24.9 Å². The van der Waals surface area contributed by atoms with Gasteiger partial charge in [0.15, 0.2) is 0 Å². The van der Waals surface area contributed by atoms with Crippen LogP contribution in [0.2, 0.25) is 0 Å². The molecule has 3 aromatic rings. The summed E-state index contributed by atoms with van der Waals surface area (Å²) < 4.78 is 4.12. The maximum Gasteiger partial charge on any atom is 0.240 e. The molecule has 1 N–H and O–H groups in total. The molecule has 2 heterocycles. The Hall–Kier alpha value is -2.49. The monoisotopic (exact) mass is 295 g/mol. The molecule has 0 atom stereocenters. The van der Waals surface area contributed by atoms with Gasteiger partial charge in [0.05, 0.1) is 0 Å². The largest absolute Gasteiger partial charge is 0.350 e. The molecule has 4 nitrogen and oxygen atoms in total. The zero-order chi connectivity index (χ0) is 15.7. The molecule has 0 aliphatic carbocycles. The molecular formula is C18H21N3O. The average Bonchev–Trinajstić information content (AvgIpc) is 3.00. The van der Waals surface area contributed by atoms with Gasteiger partial charge in [-0.05, 0) is 37.6 Å². The smallest absolute Gasteiger partial charge is 0.240 e. The van der Waals surface area contributed by atoms with Crippen molar-refractivity contribution >= 4 is 16.8 Å². The van der Waals surface area contributed by atoms with Crippen molar-refractivity contribution in [2.45, 2.75) is 26.9 Å². The van der Waals surface area contributed by atoms with E-state index in [1.165, 1.54) is 10.9 Å². The highest BCUT2D eigenvalue weighted by molar-refractivity contribution is 5.84. The lowest BCUT2D eigenvalue weighted by Gasteiger charge is -2.09. The standard InChI is InChI=1S/C18H21N3O/c1-13-8-9-14(2)21(13)12-18(22)19-10-15-11-20(3)17-7-5-4-6-16(15)17/h4-9,11H,10,12H2,1-3H3,(H,19,22). The van der Waals surface area contributed by atoms with Gasteiger partial charge in [-0.15, -0.1) is 0 Å². The summed E-state index contributed by atoms with van der Waals surface area (Å²) in [6.45, 7) is 4.96. The van der Waals surface area contributed by atoms with Crippen molar-refractivity contribution in [1.82, 2.24) is 14.5 Å². The number of carbonyl (C=O) groups is 1. The molecular weight excluding hydrogens is 274 g/mol. The summed E-state index contributed by atoms with van der Waals surface area (Å²) in [5, 5.41) is 4.22. The Morgan fingerprint density at radius 1 is 1.09 bits per heavy atom. The predicted octanol–water partition coefficient (Wildman–Crippen LogP) is 2.91. The van der Waals surface area contributed by atoms with Crippen LogP contribution in [0.5, 0.6) is 0 Å². The number of aromatic nitrogens is 2. The summed E-state index contributed by atoms with van der Waals surface area (Å²) in [4.78, 5) is 12.2. The van der Waals surface area contributed by atoms with E-state index in [1.54, 1.807) is 0 Å². The normalized spacial score (nSPS) is 11.0. The van der Waals surface area contributed by atoms with Crippen LogP contribution in [0, 0.1) is 13.8 Å². The zero-order valence-corrected chi connectivity index (χ0v) is 13.3. The van der Waals surface area contributed by atoms with E-state index in [0.29, 0.717) is 13.1 Å². The summed E-state index contributed by atoms with van der Waals surface area (Å²) in [5.41, 5.74) is 4.55. The first-order valence-electron chi connectivity index (χ1n) is 7.48. The first kappa shape index (κ1) is 14.4. The van der Waals surface area contributed by atoms with Gasteiger partial charge in [-0.3, -0.25) is 4.79 Å². The van der Waals surface area contributed by atoms with Gasteiger partial charge in [-0.25, -0.2) is 0 Å². The van der Waals surface area contributed by atoms with Crippen molar-refractivity contribution in [3.63, 3.8) is 0 Å². The zero-order valence-electron chi connectivity index (χ0n) is 13.3. The lowest BCUT2D eigenvalue weighted by atomic mass is 10.2. The second-order valence-electron chi connectivity index (χ2n) is 5.76. The van der Waals surface area contributed by atoms with E-state index in [1.807, 2.05) is 49.7 Å². The molecule has 0 saturated heterocycles. The van der Waals surface area contributed by atoms with Gasteiger partial charge < -0.3 is 14.5 Å². The van der Waals surface area contributed by atoms with E-state index in [2.05, 4.69) is 28.2 Å². The summed E-state index contributed by atoms with van der Waals surface area (Å²) in [5.74, 6) is 0.0373. The number of benzene rings is 1. The van der Waals surface area contributed by atoms with Gasteiger partial charge in [-0.1, -0.05) is 18.2 Å². The van der Waals surface area contributed by atoms with Crippen LogP contribution in [0.4, 0.5) is 0 Å². The van der Waals surface area contributed by atoms with Crippen LogP contribution in [0.1, 0.15) is 17.0 Å². The molecule has 0 unspecified atom stereocenters. The molecule has 114 valence electrons. The van der Waals surface area contributed by atoms with E-state index in [-0.39, 0.29) is 5.91 Å². The highest BCUT2D eigenvalue weighted by Crippen LogP contribution is 2.19. The van der Waals surface area contributed by atoms with E-state index in [9.17, 15) is 4.79 Å². The number of carbonyl (C=O) groups excluding carboxylic acids is 1. The maximum absolute atomic E-state index is 12.2. The first-order valence-corrected chi connectivity index (χ1v) is 7.48. The number of aryl methyl sites for hydroxylation is 3. The van der Waals surface area contributed by atoms with Gasteiger partial charge in [0, 0.05) is 42.1 Å². The summed E-state index contributed by atoms with van der Waals surface area (Å²) >= 11 is 0. The molecule has 3 rings (SSSR count). The topological polar surface area (TPSA) is 39.0 Å². The highest BCUT2D eigenvalue weighted by atomic mass is 16.1. The van der Waals surface area contributed by atoms with Gasteiger partial charge >= 0.3 is 0 Å². The maximum atomic E-state index is 12.2. The fraction of sp³-hybridized carbons (Fsp3) is 0.278. The minimum Gasteiger partial charge on any atom is -0.350 e. The van der Waals surface area contributed by atoms with Crippen molar-refractivity contribution in [2.75, 3.05) is 0 Å². The summed E-state index contributed by atoms with van der Waals surface area (Å²) in [7, 11) is 2.03. The second-order valence-corrected chi connectivity index (χ2v) is 5.76. The molecule has 2 aromatic heterocycles. The molecule has 0 spiro atoms. The average molecular weight is 295 g/mol. The van der Waals surface area contributed by atoms with Crippen LogP contribution in [0.3, 0.4) is 0 Å². The van der Waals surface area contributed by atoms with E-state index in [0.717, 1.165) is 17.0 Å². The number of hydrogen-bond acceptors (Lipinski definition) is 1. The first-order chi connectivity index (χ1) is 10.6. The molecule has 0 saturated carbocycles. The number of fused-ring (bicyclic) bond motifs is 1. The Labute approximate surface area is 130 Å². The molecule has 0 radical (unpaired) electrons. The van der Waals surface area contributed by atoms with E-state index >= 15 is 0 Å². The number of hydrogen-bond donors (Lipinski definition) is 1. The number of amides is 1. The Balaban J connectivity index is 1.70. The Bertz CT molecular complexity index is 807. The van der Waals surface area contributed by atoms with E-state index < -0.39 is 0 Å². The molecule has 0 fully saturated rings. The van der Waals surface area contributed by atoms with Gasteiger partial charge in [0.1, 0.15) is 6.54 Å². The molecule has 0 bridgehead atoms. The van der Waals surface area contributed by atoms with Crippen molar-refractivity contribution in [1.29, 1.82) is 0 Å². The fourth-order valence-electron chi connectivity index (χ4n) is 2.91. The fourth-order valence-corrected chi connectivity index (χ4v) is 2.91. The van der Waals surface area contributed by atoms with Crippen molar-refractivity contribution in [3.8, 4) is 0 Å². The quantitative estimate of drug-likeness (QED) is 0.790. The lowest BCUT2D eigenvalue weighted by Crippen LogP contribution is -2.27. The molecule has 22 heavy (non-hydrogen) atoms. The Morgan fingerprint density at radius 3 is 2.50 bits per heavy atom. The molecule has 0 aliphatic heterocycles. The molecule has 4 heteroatoms. The molecule has 1 amide bonds. The summed E-state index contributed by atoms with van der Waals surface area (Å²) in [6.07, 6.45) is 2.08. The van der Waals surface area contributed by atoms with Crippen molar-refractivity contribution in [3.05, 3.63) is 59.5 Å². The van der Waals surface area contributed by atoms with Crippen molar-refractivity contribution in [2.24, 2.45) is 7.05 Å². The minimum atomic E-state index is 0.0373. The number of para-hydroxylation sites is 1. The van der Waals surface area contributed by atoms with Gasteiger partial charge in [0.2, 0.25) is 5.91 Å². The number of nitrogens with one attached hydrogen (secondary N) is 1. The summed E-state index contributed by atoms with van der Waals surface area (Å²) in [6, 6.07) is 12.3. The van der Waals surface area contributed by atoms with Crippen LogP contribution >= 0.6 is 0 Å². The highest BCUT2D eigenvalue weighted by Gasteiger charge is 2.09. The number of nitrogens with zero attached hydrogens (tertiary/aromatic N) is 2. The lowest BCUT2D eigenvalue weighted by molar-refractivity contribution is -0.121. The van der Waals surface area contributed by atoms with Crippen molar-refractivity contribution < 1.29 is 4.79 Å². The third-order valence-corrected chi connectivity index (χ3v) is 4.17. The second kappa shape index (κ2) is 5.72. The Kier molecular flexibility index (Phi) is 3.75. The number of rotatable bonds is 4. The molecule has 1 aromatic carbocycles. The Morgan fingerprint density at radius 2 is 1.77 bits per heavy atom. The minimum absolute atomic E-state index is 0.0373. The van der Waals surface area contributed by atoms with Crippen LogP contribution in [0.25, 0.3) is 10.9 Å². The van der Waals surface area contributed by atoms with Gasteiger partial charge in [0.25, 0.3) is 0 Å². The third-order valence-electron chi connectivity index (χ3n) is 4.17. The van der Waals surface area contributed by atoms with E-state index in [4.69, 9.17) is 0 Å². The van der Waals surface area contributed by atoms with Crippen LogP contribution in [-0.4, -0.2) is 15.0 Å². The predicted molar refractivity (Wildman–Crippen MR) is 88.7 cm³/mol. The van der Waals surface area contributed by atoms with Crippen LogP contribution in [0.15, 0.2) is 42.6 Å². The van der Waals surface area contributed by atoms with Crippen LogP contribution < -0.4 is 5.32 Å².